The zero-order chi connectivity index (χ0) is 15.8. The van der Waals surface area contributed by atoms with Crippen molar-refractivity contribution in [2.24, 2.45) is 0 Å². The normalized spacial score (nSPS) is 17.9. The number of hydroxylamine groups is 2. The van der Waals surface area contributed by atoms with Gasteiger partial charge in [-0.15, -0.1) is 0 Å². The number of nitrogens with zero attached hydrogens (tertiary/aromatic N) is 1. The first-order valence-corrected chi connectivity index (χ1v) is 7.23. The number of alkyl carbamates (subject to hydrolysis) is 1. The van der Waals surface area contributed by atoms with Gasteiger partial charge < -0.3 is 10.1 Å². The predicted octanol–water partition coefficient (Wildman–Crippen LogP) is 2.02. The lowest BCUT2D eigenvalue weighted by Gasteiger charge is -2.31. The first kappa shape index (κ1) is 16.0. The molecule has 22 heavy (non-hydrogen) atoms. The fourth-order valence-electron chi connectivity index (χ4n) is 2.15. The molecule has 0 unspecified atom stereocenters. The van der Waals surface area contributed by atoms with Crippen LogP contribution in [-0.4, -0.2) is 36.3 Å². The second-order valence-electron chi connectivity index (χ2n) is 4.93. The molecule has 0 aromatic heterocycles. The molecule has 0 aliphatic carbocycles. The molecule has 1 saturated heterocycles. The monoisotopic (exact) mass is 304 g/mol. The largest absolute Gasteiger partial charge is 0.445 e. The number of hydrogen-bond acceptors (Lipinski definition) is 4. The zero-order valence-corrected chi connectivity index (χ0v) is 12.4. The molecule has 6 heteroatoms. The minimum Gasteiger partial charge on any atom is -0.445 e. The van der Waals surface area contributed by atoms with E-state index >= 15 is 0 Å². The van der Waals surface area contributed by atoms with E-state index in [-0.39, 0.29) is 12.5 Å². The van der Waals surface area contributed by atoms with Crippen molar-refractivity contribution in [3.05, 3.63) is 48.6 Å². The molecule has 1 aliphatic rings. The molecule has 1 aromatic rings. The highest BCUT2D eigenvalue weighted by Gasteiger charge is 2.31. The SMILES string of the molecule is C=CCOC(=O)N[C@@H]1CCCN(OCc2ccccc2)C1=O. The summed E-state index contributed by atoms with van der Waals surface area (Å²) in [6, 6.07) is 8.99. The van der Waals surface area contributed by atoms with E-state index in [0.717, 1.165) is 12.0 Å². The van der Waals surface area contributed by atoms with Crippen molar-refractivity contribution in [2.75, 3.05) is 13.2 Å². The molecular formula is C16H20N2O4. The molecule has 0 saturated carbocycles. The Bertz CT molecular complexity index is 518. The van der Waals surface area contributed by atoms with Gasteiger partial charge in [0.25, 0.3) is 5.91 Å². The van der Waals surface area contributed by atoms with Gasteiger partial charge in [0, 0.05) is 6.54 Å². The van der Waals surface area contributed by atoms with Crippen LogP contribution in [0.5, 0.6) is 0 Å². The number of carbonyl (C=O) groups is 2. The Morgan fingerprint density at radius 1 is 1.41 bits per heavy atom. The van der Waals surface area contributed by atoms with E-state index in [0.29, 0.717) is 19.6 Å². The number of nitrogens with one attached hydrogen (secondary N) is 1. The van der Waals surface area contributed by atoms with Crippen LogP contribution in [0.3, 0.4) is 0 Å². The molecule has 0 radical (unpaired) electrons. The molecule has 2 rings (SSSR count). The number of benzene rings is 1. The summed E-state index contributed by atoms with van der Waals surface area (Å²) < 4.78 is 4.83. The Labute approximate surface area is 129 Å². The number of piperidine rings is 1. The second-order valence-corrected chi connectivity index (χ2v) is 4.93. The van der Waals surface area contributed by atoms with Crippen molar-refractivity contribution in [3.8, 4) is 0 Å². The van der Waals surface area contributed by atoms with Crippen LogP contribution in [-0.2, 0) is 21.0 Å². The van der Waals surface area contributed by atoms with E-state index in [1.165, 1.54) is 11.1 Å². The molecule has 1 N–H and O–H groups in total. The molecular weight excluding hydrogens is 284 g/mol. The lowest BCUT2D eigenvalue weighted by Crippen LogP contribution is -2.52. The van der Waals surface area contributed by atoms with Crippen LogP contribution >= 0.6 is 0 Å². The van der Waals surface area contributed by atoms with Crippen molar-refractivity contribution >= 4 is 12.0 Å². The van der Waals surface area contributed by atoms with Crippen LogP contribution in [0.4, 0.5) is 4.79 Å². The third-order valence-electron chi connectivity index (χ3n) is 3.25. The van der Waals surface area contributed by atoms with E-state index in [1.807, 2.05) is 30.3 Å². The minimum absolute atomic E-state index is 0.112. The smallest absolute Gasteiger partial charge is 0.408 e. The van der Waals surface area contributed by atoms with Crippen LogP contribution in [0.1, 0.15) is 18.4 Å². The van der Waals surface area contributed by atoms with Gasteiger partial charge in [0.2, 0.25) is 0 Å². The molecule has 6 nitrogen and oxygen atoms in total. The van der Waals surface area contributed by atoms with E-state index in [9.17, 15) is 9.59 Å². The van der Waals surface area contributed by atoms with Crippen molar-refractivity contribution in [2.45, 2.75) is 25.5 Å². The van der Waals surface area contributed by atoms with Crippen LogP contribution in [0.15, 0.2) is 43.0 Å². The Hall–Kier alpha value is -2.34. The van der Waals surface area contributed by atoms with Crippen molar-refractivity contribution in [1.82, 2.24) is 10.4 Å². The van der Waals surface area contributed by atoms with Crippen LogP contribution in [0.2, 0.25) is 0 Å². The van der Waals surface area contributed by atoms with Gasteiger partial charge in [-0.2, -0.15) is 0 Å². The summed E-state index contributed by atoms with van der Waals surface area (Å²) >= 11 is 0. The summed E-state index contributed by atoms with van der Waals surface area (Å²) in [4.78, 5) is 29.3. The number of rotatable bonds is 6. The van der Waals surface area contributed by atoms with Crippen molar-refractivity contribution in [3.63, 3.8) is 0 Å². The predicted molar refractivity (Wildman–Crippen MR) is 80.6 cm³/mol. The first-order chi connectivity index (χ1) is 10.7. The topological polar surface area (TPSA) is 67.9 Å². The maximum absolute atomic E-state index is 12.3. The van der Waals surface area contributed by atoms with E-state index in [4.69, 9.17) is 9.57 Å². The molecule has 1 heterocycles. The van der Waals surface area contributed by atoms with E-state index in [2.05, 4.69) is 11.9 Å². The third kappa shape index (κ3) is 4.60. The summed E-state index contributed by atoms with van der Waals surface area (Å²) in [5, 5.41) is 3.87. The lowest BCUT2D eigenvalue weighted by molar-refractivity contribution is -0.199. The molecule has 2 amide bonds. The summed E-state index contributed by atoms with van der Waals surface area (Å²) in [6.07, 6.45) is 2.18. The molecule has 1 fully saturated rings. The van der Waals surface area contributed by atoms with E-state index < -0.39 is 12.1 Å². The number of ether oxygens (including phenoxy) is 1. The fourth-order valence-corrected chi connectivity index (χ4v) is 2.15. The maximum Gasteiger partial charge on any atom is 0.408 e. The first-order valence-electron chi connectivity index (χ1n) is 7.23. The highest BCUT2D eigenvalue weighted by molar-refractivity contribution is 5.85. The zero-order valence-electron chi connectivity index (χ0n) is 12.4. The summed E-state index contributed by atoms with van der Waals surface area (Å²) in [5.74, 6) is -0.252. The highest BCUT2D eigenvalue weighted by atomic mass is 16.7. The quantitative estimate of drug-likeness (QED) is 0.817. The summed E-state index contributed by atoms with van der Waals surface area (Å²) in [7, 11) is 0. The summed E-state index contributed by atoms with van der Waals surface area (Å²) in [6.45, 7) is 4.41. The average molecular weight is 304 g/mol. The van der Waals surface area contributed by atoms with Crippen molar-refractivity contribution in [1.29, 1.82) is 0 Å². The van der Waals surface area contributed by atoms with Crippen LogP contribution < -0.4 is 5.32 Å². The standard InChI is InChI=1S/C16H20N2O4/c1-2-11-21-16(20)17-14-9-6-10-18(15(14)19)22-12-13-7-4-3-5-8-13/h2-5,7-8,14H,1,6,9-12H2,(H,17,20)/t14-/m1/s1. The van der Waals surface area contributed by atoms with Crippen LogP contribution in [0, 0.1) is 0 Å². The number of carbonyl (C=O) groups excluding carboxylic acids is 2. The molecule has 0 bridgehead atoms. The number of hydrogen-bond donors (Lipinski definition) is 1. The second kappa shape index (κ2) is 8.19. The van der Waals surface area contributed by atoms with Gasteiger partial charge in [-0.1, -0.05) is 43.0 Å². The molecule has 1 atom stereocenters. The van der Waals surface area contributed by atoms with Gasteiger partial charge in [-0.25, -0.2) is 9.86 Å². The molecule has 118 valence electrons. The Balaban J connectivity index is 1.84. The number of amides is 2. The lowest BCUT2D eigenvalue weighted by atomic mass is 10.1. The Kier molecular flexibility index (Phi) is 5.97. The third-order valence-corrected chi connectivity index (χ3v) is 3.25. The maximum atomic E-state index is 12.3. The van der Waals surface area contributed by atoms with Gasteiger partial charge >= 0.3 is 6.09 Å². The minimum atomic E-state index is -0.622. The Morgan fingerprint density at radius 2 is 2.18 bits per heavy atom. The highest BCUT2D eigenvalue weighted by Crippen LogP contribution is 2.14. The van der Waals surface area contributed by atoms with Gasteiger partial charge in [0.15, 0.2) is 0 Å². The Morgan fingerprint density at radius 3 is 2.91 bits per heavy atom. The van der Waals surface area contributed by atoms with E-state index in [1.54, 1.807) is 0 Å². The van der Waals surface area contributed by atoms with Gasteiger partial charge in [-0.05, 0) is 18.4 Å². The van der Waals surface area contributed by atoms with Gasteiger partial charge in [0.05, 0.1) is 0 Å². The molecule has 0 spiro atoms. The van der Waals surface area contributed by atoms with Crippen molar-refractivity contribution < 1.29 is 19.2 Å². The van der Waals surface area contributed by atoms with Gasteiger partial charge in [-0.3, -0.25) is 9.63 Å². The summed E-state index contributed by atoms with van der Waals surface area (Å²) in [5.41, 5.74) is 0.982. The fraction of sp³-hybridized carbons (Fsp3) is 0.375. The van der Waals surface area contributed by atoms with Gasteiger partial charge in [0.1, 0.15) is 19.3 Å². The molecule has 1 aromatic carbocycles. The van der Waals surface area contributed by atoms with Crippen LogP contribution in [0.25, 0.3) is 0 Å². The average Bonchev–Trinajstić information content (AvgIpc) is 2.55. The molecule has 1 aliphatic heterocycles.